The first-order chi connectivity index (χ1) is 9.69. The fourth-order valence-corrected chi connectivity index (χ4v) is 4.10. The van der Waals surface area contributed by atoms with Gasteiger partial charge in [-0.3, -0.25) is 0 Å². The zero-order chi connectivity index (χ0) is 14.1. The highest BCUT2D eigenvalue weighted by atomic mass is 16.5. The molecule has 3 atom stereocenters. The largest absolute Gasteiger partial charge is 0.496 e. The number of hydrogen-bond acceptors (Lipinski definition) is 3. The van der Waals surface area contributed by atoms with Crippen LogP contribution in [0.2, 0.25) is 0 Å². The van der Waals surface area contributed by atoms with Gasteiger partial charge in [-0.1, -0.05) is 18.2 Å². The Hall–Kier alpha value is -1.06. The first-order valence-corrected chi connectivity index (χ1v) is 7.72. The zero-order valence-electron chi connectivity index (χ0n) is 12.5. The number of benzene rings is 1. The third kappa shape index (κ3) is 2.57. The number of nitrogens with zero attached hydrogens (tertiary/aromatic N) is 1. The lowest BCUT2D eigenvalue weighted by Crippen LogP contribution is -2.40. The molecule has 2 fully saturated rings. The zero-order valence-corrected chi connectivity index (χ0v) is 12.5. The summed E-state index contributed by atoms with van der Waals surface area (Å²) < 4.78 is 5.36. The lowest BCUT2D eigenvalue weighted by molar-refractivity contribution is 0.0825. The van der Waals surface area contributed by atoms with Crippen molar-refractivity contribution in [2.75, 3.05) is 14.2 Å². The van der Waals surface area contributed by atoms with E-state index in [1.807, 2.05) is 24.3 Å². The summed E-state index contributed by atoms with van der Waals surface area (Å²) in [6, 6.07) is 9.31. The van der Waals surface area contributed by atoms with Gasteiger partial charge in [0.1, 0.15) is 5.75 Å². The molecule has 110 valence electrons. The van der Waals surface area contributed by atoms with Gasteiger partial charge in [0.15, 0.2) is 0 Å². The van der Waals surface area contributed by atoms with Crippen molar-refractivity contribution in [3.63, 3.8) is 0 Å². The number of aliphatic hydroxyl groups excluding tert-OH is 1. The number of piperidine rings is 1. The van der Waals surface area contributed by atoms with E-state index < -0.39 is 6.10 Å². The van der Waals surface area contributed by atoms with E-state index in [2.05, 4.69) is 11.9 Å². The number of rotatable bonds is 4. The molecule has 3 unspecified atom stereocenters. The standard InChI is InChI=1S/C17H25NO2/c1-18-13-7-8-14(18)10-12(9-13)11-16(19)15-5-3-4-6-17(15)20-2/h3-6,12-14,16,19H,7-11H2,1-2H3. The van der Waals surface area contributed by atoms with Crippen LogP contribution in [-0.2, 0) is 0 Å². The predicted octanol–water partition coefficient (Wildman–Crippen LogP) is 2.99. The highest BCUT2D eigenvalue weighted by Gasteiger charge is 2.38. The topological polar surface area (TPSA) is 32.7 Å². The van der Waals surface area contributed by atoms with Gasteiger partial charge in [0.25, 0.3) is 0 Å². The Morgan fingerprint density at radius 1 is 1.25 bits per heavy atom. The molecule has 3 heteroatoms. The molecule has 3 rings (SSSR count). The fourth-order valence-electron chi connectivity index (χ4n) is 4.10. The van der Waals surface area contributed by atoms with E-state index in [0.29, 0.717) is 5.92 Å². The molecule has 0 amide bonds. The van der Waals surface area contributed by atoms with E-state index in [1.165, 1.54) is 25.7 Å². The average molecular weight is 275 g/mol. The molecule has 2 saturated heterocycles. The molecule has 2 aliphatic heterocycles. The van der Waals surface area contributed by atoms with E-state index in [4.69, 9.17) is 4.74 Å². The number of fused-ring (bicyclic) bond motifs is 2. The second kappa shape index (κ2) is 5.74. The molecule has 1 aromatic carbocycles. The summed E-state index contributed by atoms with van der Waals surface area (Å²) in [5, 5.41) is 10.5. The third-order valence-corrected chi connectivity index (χ3v) is 5.25. The van der Waals surface area contributed by atoms with Gasteiger partial charge in [-0.2, -0.15) is 0 Å². The minimum absolute atomic E-state index is 0.404. The molecule has 1 N–H and O–H groups in total. The van der Waals surface area contributed by atoms with Crippen LogP contribution in [0.25, 0.3) is 0 Å². The van der Waals surface area contributed by atoms with E-state index in [0.717, 1.165) is 29.8 Å². The fraction of sp³-hybridized carbons (Fsp3) is 0.647. The maximum Gasteiger partial charge on any atom is 0.124 e. The van der Waals surface area contributed by atoms with Crippen LogP contribution in [0.1, 0.15) is 43.8 Å². The van der Waals surface area contributed by atoms with Crippen molar-refractivity contribution in [2.24, 2.45) is 5.92 Å². The van der Waals surface area contributed by atoms with Crippen LogP contribution < -0.4 is 4.74 Å². The van der Waals surface area contributed by atoms with Gasteiger partial charge in [0, 0.05) is 17.6 Å². The Morgan fingerprint density at radius 2 is 1.90 bits per heavy atom. The molecule has 0 spiro atoms. The molecule has 2 bridgehead atoms. The lowest BCUT2D eigenvalue weighted by Gasteiger charge is -2.37. The van der Waals surface area contributed by atoms with E-state index in [-0.39, 0.29) is 0 Å². The molecule has 0 aromatic heterocycles. The van der Waals surface area contributed by atoms with Crippen molar-refractivity contribution < 1.29 is 9.84 Å². The molecule has 0 aliphatic carbocycles. The van der Waals surface area contributed by atoms with Crippen molar-refractivity contribution in [3.8, 4) is 5.75 Å². The molecule has 20 heavy (non-hydrogen) atoms. The van der Waals surface area contributed by atoms with Crippen LogP contribution in [0, 0.1) is 5.92 Å². The molecule has 0 saturated carbocycles. The van der Waals surface area contributed by atoms with E-state index >= 15 is 0 Å². The van der Waals surface area contributed by atoms with Crippen LogP contribution in [0.15, 0.2) is 24.3 Å². The number of ether oxygens (including phenoxy) is 1. The molecule has 0 radical (unpaired) electrons. The Labute approximate surface area is 121 Å². The Kier molecular flexibility index (Phi) is 3.99. The molecular weight excluding hydrogens is 250 g/mol. The monoisotopic (exact) mass is 275 g/mol. The maximum atomic E-state index is 10.5. The number of hydrogen-bond donors (Lipinski definition) is 1. The smallest absolute Gasteiger partial charge is 0.124 e. The van der Waals surface area contributed by atoms with Crippen molar-refractivity contribution in [1.82, 2.24) is 4.90 Å². The van der Waals surface area contributed by atoms with Gasteiger partial charge < -0.3 is 14.7 Å². The number of methoxy groups -OCH3 is 1. The minimum atomic E-state index is -0.404. The van der Waals surface area contributed by atoms with Crippen LogP contribution in [0.5, 0.6) is 5.75 Å². The summed E-state index contributed by atoms with van der Waals surface area (Å²) in [4.78, 5) is 2.55. The first-order valence-electron chi connectivity index (χ1n) is 7.72. The van der Waals surface area contributed by atoms with Gasteiger partial charge in [-0.15, -0.1) is 0 Å². The Bertz CT molecular complexity index is 448. The summed E-state index contributed by atoms with van der Waals surface area (Å²) in [7, 11) is 3.93. The van der Waals surface area contributed by atoms with E-state index in [1.54, 1.807) is 7.11 Å². The van der Waals surface area contributed by atoms with Crippen molar-refractivity contribution in [3.05, 3.63) is 29.8 Å². The van der Waals surface area contributed by atoms with Crippen LogP contribution in [-0.4, -0.2) is 36.2 Å². The van der Waals surface area contributed by atoms with Crippen LogP contribution in [0.4, 0.5) is 0 Å². The normalized spacial score (nSPS) is 31.2. The number of para-hydroxylation sites is 1. The third-order valence-electron chi connectivity index (χ3n) is 5.25. The van der Waals surface area contributed by atoms with Gasteiger partial charge >= 0.3 is 0 Å². The van der Waals surface area contributed by atoms with Crippen molar-refractivity contribution in [1.29, 1.82) is 0 Å². The van der Waals surface area contributed by atoms with Crippen LogP contribution in [0.3, 0.4) is 0 Å². The number of aliphatic hydroxyl groups is 1. The summed E-state index contributed by atoms with van der Waals surface area (Å²) >= 11 is 0. The second-order valence-corrected chi connectivity index (χ2v) is 6.38. The summed E-state index contributed by atoms with van der Waals surface area (Å²) in [5.41, 5.74) is 0.932. The molecule has 2 heterocycles. The van der Waals surface area contributed by atoms with Gasteiger partial charge in [0.2, 0.25) is 0 Å². The van der Waals surface area contributed by atoms with Gasteiger partial charge in [-0.05, 0) is 51.1 Å². The minimum Gasteiger partial charge on any atom is -0.496 e. The highest BCUT2D eigenvalue weighted by molar-refractivity contribution is 5.35. The van der Waals surface area contributed by atoms with Crippen molar-refractivity contribution in [2.45, 2.75) is 50.3 Å². The molecule has 3 nitrogen and oxygen atoms in total. The van der Waals surface area contributed by atoms with Gasteiger partial charge in [-0.25, -0.2) is 0 Å². The van der Waals surface area contributed by atoms with Crippen molar-refractivity contribution >= 4 is 0 Å². The van der Waals surface area contributed by atoms with Gasteiger partial charge in [0.05, 0.1) is 13.2 Å². The van der Waals surface area contributed by atoms with Crippen LogP contribution >= 0.6 is 0 Å². The highest BCUT2D eigenvalue weighted by Crippen LogP contribution is 2.41. The maximum absolute atomic E-state index is 10.5. The second-order valence-electron chi connectivity index (χ2n) is 6.38. The average Bonchev–Trinajstić information content (AvgIpc) is 2.68. The predicted molar refractivity (Wildman–Crippen MR) is 79.9 cm³/mol. The summed E-state index contributed by atoms with van der Waals surface area (Å²) in [5.74, 6) is 1.44. The lowest BCUT2D eigenvalue weighted by atomic mass is 9.85. The summed E-state index contributed by atoms with van der Waals surface area (Å²) in [6.07, 6.45) is 5.60. The summed E-state index contributed by atoms with van der Waals surface area (Å²) in [6.45, 7) is 0. The SMILES string of the molecule is COc1ccccc1C(O)CC1CC2CCC(C1)N2C. The first kappa shape index (κ1) is 13.9. The molecule has 1 aromatic rings. The molecule has 2 aliphatic rings. The van der Waals surface area contributed by atoms with E-state index in [9.17, 15) is 5.11 Å². The Balaban J connectivity index is 1.66. The molecular formula is C17H25NO2. The Morgan fingerprint density at radius 3 is 2.55 bits per heavy atom. The quantitative estimate of drug-likeness (QED) is 0.917.